The molecule has 1 aliphatic rings. The standard InChI is InChI=1S/C12H11N5OS2/c18-11(8-2-1-5-19-8)13-6-9-16-17-10(7-3-4-7)14-15-12(17)20-9/h1-2,5,7H,3-4,6H2,(H,13,18). The third-order valence-electron chi connectivity index (χ3n) is 3.14. The maximum absolute atomic E-state index is 11.9. The van der Waals surface area contributed by atoms with Gasteiger partial charge in [0.15, 0.2) is 5.82 Å². The van der Waals surface area contributed by atoms with Gasteiger partial charge >= 0.3 is 0 Å². The molecular formula is C12H11N5OS2. The molecule has 3 aromatic rings. The topological polar surface area (TPSA) is 72.2 Å². The van der Waals surface area contributed by atoms with Gasteiger partial charge in [-0.1, -0.05) is 17.4 Å². The lowest BCUT2D eigenvalue weighted by Crippen LogP contribution is -2.21. The van der Waals surface area contributed by atoms with Crippen molar-refractivity contribution < 1.29 is 4.79 Å². The third-order valence-corrected chi connectivity index (χ3v) is 4.91. The zero-order valence-electron chi connectivity index (χ0n) is 10.4. The number of hydrogen-bond acceptors (Lipinski definition) is 6. The molecule has 0 saturated heterocycles. The number of nitrogens with zero attached hydrogens (tertiary/aromatic N) is 4. The average molecular weight is 305 g/mol. The van der Waals surface area contributed by atoms with Crippen molar-refractivity contribution in [3.8, 4) is 0 Å². The first-order valence-electron chi connectivity index (χ1n) is 6.34. The number of amides is 1. The highest BCUT2D eigenvalue weighted by atomic mass is 32.1. The van der Waals surface area contributed by atoms with Crippen molar-refractivity contribution in [3.63, 3.8) is 0 Å². The lowest BCUT2D eigenvalue weighted by molar-refractivity contribution is 0.0955. The molecule has 0 aliphatic heterocycles. The Labute approximate surface area is 122 Å². The molecule has 20 heavy (non-hydrogen) atoms. The molecule has 0 unspecified atom stereocenters. The van der Waals surface area contributed by atoms with Crippen molar-refractivity contribution in [1.82, 2.24) is 25.1 Å². The average Bonchev–Trinajstić information content (AvgIpc) is 2.91. The number of nitrogens with one attached hydrogen (secondary N) is 1. The lowest BCUT2D eigenvalue weighted by atomic mass is 10.4. The SMILES string of the molecule is O=C(NCc1nn2c(C3CC3)nnc2s1)c1cccs1. The molecule has 3 aromatic heterocycles. The van der Waals surface area contributed by atoms with Crippen molar-refractivity contribution in [2.24, 2.45) is 0 Å². The molecule has 0 radical (unpaired) electrons. The second-order valence-electron chi connectivity index (χ2n) is 4.68. The van der Waals surface area contributed by atoms with E-state index in [0.29, 0.717) is 17.3 Å². The fourth-order valence-corrected chi connectivity index (χ4v) is 3.41. The number of thiophene rings is 1. The minimum atomic E-state index is -0.0617. The summed E-state index contributed by atoms with van der Waals surface area (Å²) in [7, 11) is 0. The van der Waals surface area contributed by atoms with Crippen LogP contribution >= 0.6 is 22.7 Å². The van der Waals surface area contributed by atoms with Gasteiger partial charge in [-0.05, 0) is 24.3 Å². The highest BCUT2D eigenvalue weighted by Crippen LogP contribution is 2.39. The van der Waals surface area contributed by atoms with Crippen LogP contribution in [0.2, 0.25) is 0 Å². The van der Waals surface area contributed by atoms with Crippen LogP contribution in [0.25, 0.3) is 4.96 Å². The highest BCUT2D eigenvalue weighted by molar-refractivity contribution is 7.16. The molecule has 1 amide bonds. The van der Waals surface area contributed by atoms with E-state index < -0.39 is 0 Å². The van der Waals surface area contributed by atoms with Gasteiger partial charge in [-0.25, -0.2) is 0 Å². The smallest absolute Gasteiger partial charge is 0.261 e. The molecule has 0 spiro atoms. The van der Waals surface area contributed by atoms with Crippen molar-refractivity contribution >= 4 is 33.5 Å². The summed E-state index contributed by atoms with van der Waals surface area (Å²) < 4.78 is 1.81. The van der Waals surface area contributed by atoms with Crippen LogP contribution < -0.4 is 5.32 Å². The summed E-state index contributed by atoms with van der Waals surface area (Å²) in [4.78, 5) is 13.4. The van der Waals surface area contributed by atoms with Gasteiger partial charge in [0.05, 0.1) is 11.4 Å². The van der Waals surface area contributed by atoms with E-state index in [1.165, 1.54) is 35.5 Å². The monoisotopic (exact) mass is 305 g/mol. The number of aromatic nitrogens is 4. The Bertz CT molecular complexity index is 756. The van der Waals surface area contributed by atoms with Gasteiger partial charge in [-0.2, -0.15) is 9.61 Å². The number of carbonyl (C=O) groups is 1. The summed E-state index contributed by atoms with van der Waals surface area (Å²) in [5.74, 6) is 1.40. The van der Waals surface area contributed by atoms with Crippen LogP contribution in [0.15, 0.2) is 17.5 Å². The molecule has 1 aliphatic carbocycles. The Morgan fingerprint density at radius 2 is 2.35 bits per heavy atom. The minimum Gasteiger partial charge on any atom is -0.345 e. The molecule has 6 nitrogen and oxygen atoms in total. The normalized spacial score (nSPS) is 14.8. The van der Waals surface area contributed by atoms with Gasteiger partial charge in [0.25, 0.3) is 5.91 Å². The number of hydrogen-bond donors (Lipinski definition) is 1. The highest BCUT2D eigenvalue weighted by Gasteiger charge is 2.30. The number of rotatable bonds is 4. The van der Waals surface area contributed by atoms with E-state index in [1.54, 1.807) is 0 Å². The Morgan fingerprint density at radius 3 is 3.10 bits per heavy atom. The minimum absolute atomic E-state index is 0.0617. The van der Waals surface area contributed by atoms with Crippen LogP contribution in [0.5, 0.6) is 0 Å². The second kappa shape index (κ2) is 4.64. The second-order valence-corrected chi connectivity index (χ2v) is 6.67. The molecular weight excluding hydrogens is 294 g/mol. The predicted octanol–water partition coefficient (Wildman–Crippen LogP) is 2.05. The van der Waals surface area contributed by atoms with Gasteiger partial charge in [-0.15, -0.1) is 21.5 Å². The van der Waals surface area contributed by atoms with Crippen LogP contribution in [0.3, 0.4) is 0 Å². The maximum Gasteiger partial charge on any atom is 0.261 e. The molecule has 8 heteroatoms. The van der Waals surface area contributed by atoms with Crippen molar-refractivity contribution in [2.45, 2.75) is 25.3 Å². The van der Waals surface area contributed by atoms with Crippen LogP contribution in [0.1, 0.15) is 39.3 Å². The van der Waals surface area contributed by atoms with E-state index in [1.807, 2.05) is 22.0 Å². The molecule has 1 fully saturated rings. The Balaban J connectivity index is 1.50. The van der Waals surface area contributed by atoms with Gasteiger partial charge in [0, 0.05) is 5.92 Å². The summed E-state index contributed by atoms with van der Waals surface area (Å²) in [5.41, 5.74) is 0. The quantitative estimate of drug-likeness (QED) is 0.801. The number of fused-ring (bicyclic) bond motifs is 1. The molecule has 0 atom stereocenters. The van der Waals surface area contributed by atoms with E-state index in [-0.39, 0.29) is 5.91 Å². The fourth-order valence-electron chi connectivity index (χ4n) is 1.99. The summed E-state index contributed by atoms with van der Waals surface area (Å²) in [6.45, 7) is 0.425. The van der Waals surface area contributed by atoms with E-state index in [2.05, 4.69) is 20.6 Å². The van der Waals surface area contributed by atoms with Gasteiger partial charge in [-0.3, -0.25) is 4.79 Å². The van der Waals surface area contributed by atoms with E-state index in [0.717, 1.165) is 15.8 Å². The van der Waals surface area contributed by atoms with Crippen molar-refractivity contribution in [3.05, 3.63) is 33.2 Å². The Kier molecular flexibility index (Phi) is 2.78. The zero-order chi connectivity index (χ0) is 13.5. The van der Waals surface area contributed by atoms with Gasteiger partial charge in [0.2, 0.25) is 4.96 Å². The van der Waals surface area contributed by atoms with Crippen molar-refractivity contribution in [1.29, 1.82) is 0 Å². The molecule has 1 saturated carbocycles. The van der Waals surface area contributed by atoms with Gasteiger partial charge in [0.1, 0.15) is 5.01 Å². The third kappa shape index (κ3) is 2.10. The van der Waals surface area contributed by atoms with Crippen LogP contribution in [-0.4, -0.2) is 25.7 Å². The first-order chi connectivity index (χ1) is 9.81. The predicted molar refractivity (Wildman–Crippen MR) is 76.1 cm³/mol. The van der Waals surface area contributed by atoms with Gasteiger partial charge < -0.3 is 5.32 Å². The largest absolute Gasteiger partial charge is 0.345 e. The lowest BCUT2D eigenvalue weighted by Gasteiger charge is -1.99. The van der Waals surface area contributed by atoms with Crippen LogP contribution in [0.4, 0.5) is 0 Å². The van der Waals surface area contributed by atoms with E-state index >= 15 is 0 Å². The van der Waals surface area contributed by atoms with Crippen molar-refractivity contribution in [2.75, 3.05) is 0 Å². The molecule has 3 heterocycles. The maximum atomic E-state index is 11.9. The first kappa shape index (κ1) is 12.0. The van der Waals surface area contributed by atoms with Crippen LogP contribution in [0, 0.1) is 0 Å². The zero-order valence-corrected chi connectivity index (χ0v) is 12.1. The Hall–Kier alpha value is -1.80. The Morgan fingerprint density at radius 1 is 1.45 bits per heavy atom. The van der Waals surface area contributed by atoms with E-state index in [9.17, 15) is 4.79 Å². The summed E-state index contributed by atoms with van der Waals surface area (Å²) in [6, 6.07) is 3.67. The summed E-state index contributed by atoms with van der Waals surface area (Å²) >= 11 is 2.90. The molecule has 102 valence electrons. The first-order valence-corrected chi connectivity index (χ1v) is 8.03. The fraction of sp³-hybridized carbons (Fsp3) is 0.333. The summed E-state index contributed by atoms with van der Waals surface area (Å²) in [5, 5.41) is 18.4. The number of carbonyl (C=O) groups excluding carboxylic acids is 1. The molecule has 1 N–H and O–H groups in total. The van der Waals surface area contributed by atoms with E-state index in [4.69, 9.17) is 0 Å². The van der Waals surface area contributed by atoms with Crippen LogP contribution in [-0.2, 0) is 6.54 Å². The molecule has 4 rings (SSSR count). The molecule has 0 aromatic carbocycles. The summed E-state index contributed by atoms with van der Waals surface area (Å²) in [6.07, 6.45) is 2.34. The molecule has 0 bridgehead atoms.